The summed E-state index contributed by atoms with van der Waals surface area (Å²) in [5.74, 6) is -1.33. The molecule has 124 valence electrons. The van der Waals surface area contributed by atoms with Crippen LogP contribution in [0.5, 0.6) is 0 Å². The summed E-state index contributed by atoms with van der Waals surface area (Å²) in [4.78, 5) is 29.5. The summed E-state index contributed by atoms with van der Waals surface area (Å²) in [6, 6.07) is 3.88. The van der Waals surface area contributed by atoms with E-state index in [9.17, 15) is 9.59 Å². The molecule has 0 saturated heterocycles. The number of thiazole rings is 1. The smallest absolute Gasteiger partial charge is 0.305 e. The Morgan fingerprint density at radius 2 is 2.22 bits per heavy atom. The average Bonchev–Trinajstić information content (AvgIpc) is 3.06. The summed E-state index contributed by atoms with van der Waals surface area (Å²) >= 11 is 2.86. The standard InChI is InChI=1S/C15H18N2O4S2/c1-9-12(23-14(16-9)10-5-4-6-22-10)13(20)17-15(2,8-21-3)7-11(18)19/h4-6H,7-8H2,1-3H3,(H,17,20)(H,18,19). The van der Waals surface area contributed by atoms with Gasteiger partial charge in [-0.25, -0.2) is 4.98 Å². The van der Waals surface area contributed by atoms with Crippen molar-refractivity contribution in [3.8, 4) is 9.88 Å². The maximum Gasteiger partial charge on any atom is 0.305 e. The molecule has 2 N–H and O–H groups in total. The Hall–Kier alpha value is -1.77. The van der Waals surface area contributed by atoms with Gasteiger partial charge >= 0.3 is 5.97 Å². The van der Waals surface area contributed by atoms with E-state index in [4.69, 9.17) is 9.84 Å². The number of carboxylic acids is 1. The summed E-state index contributed by atoms with van der Waals surface area (Å²) in [5, 5.41) is 14.5. The Labute approximate surface area is 142 Å². The third-order valence-electron chi connectivity index (χ3n) is 3.15. The van der Waals surface area contributed by atoms with Gasteiger partial charge in [0.15, 0.2) is 0 Å². The van der Waals surface area contributed by atoms with Crippen molar-refractivity contribution in [3.05, 3.63) is 28.1 Å². The van der Waals surface area contributed by atoms with E-state index in [0.717, 1.165) is 9.88 Å². The second kappa shape index (κ2) is 7.20. The Morgan fingerprint density at radius 3 is 2.78 bits per heavy atom. The van der Waals surface area contributed by atoms with Crippen LogP contribution < -0.4 is 5.32 Å². The minimum absolute atomic E-state index is 0.112. The van der Waals surface area contributed by atoms with E-state index in [0.29, 0.717) is 10.6 Å². The molecule has 0 bridgehead atoms. The normalized spacial score (nSPS) is 13.5. The van der Waals surface area contributed by atoms with E-state index in [2.05, 4.69) is 10.3 Å². The first-order chi connectivity index (χ1) is 10.8. The molecule has 8 heteroatoms. The fraction of sp³-hybridized carbons (Fsp3) is 0.400. The van der Waals surface area contributed by atoms with Crippen LogP contribution in [0.15, 0.2) is 17.5 Å². The second-order valence-electron chi connectivity index (χ2n) is 5.43. The van der Waals surface area contributed by atoms with Gasteiger partial charge in [0.05, 0.1) is 29.1 Å². The minimum Gasteiger partial charge on any atom is -0.481 e. The zero-order chi connectivity index (χ0) is 17.0. The quantitative estimate of drug-likeness (QED) is 0.798. The van der Waals surface area contributed by atoms with Gasteiger partial charge in [-0.2, -0.15) is 0 Å². The van der Waals surface area contributed by atoms with E-state index in [1.807, 2.05) is 17.5 Å². The first-order valence-corrected chi connectivity index (χ1v) is 8.59. The number of carbonyl (C=O) groups excluding carboxylic acids is 1. The third-order valence-corrected chi connectivity index (χ3v) is 5.35. The summed E-state index contributed by atoms with van der Waals surface area (Å²) < 4.78 is 5.05. The lowest BCUT2D eigenvalue weighted by molar-refractivity contribution is -0.139. The van der Waals surface area contributed by atoms with E-state index in [1.165, 1.54) is 18.4 Å². The predicted octanol–water partition coefficient (Wildman–Crippen LogP) is 2.79. The number of aryl methyl sites for hydroxylation is 1. The van der Waals surface area contributed by atoms with Crippen LogP contribution in [-0.4, -0.2) is 41.2 Å². The number of rotatable bonds is 7. The van der Waals surface area contributed by atoms with Gasteiger partial charge in [0, 0.05) is 7.11 Å². The minimum atomic E-state index is -0.995. The summed E-state index contributed by atoms with van der Waals surface area (Å²) in [6.07, 6.45) is -0.220. The van der Waals surface area contributed by atoms with Crippen molar-refractivity contribution in [2.75, 3.05) is 13.7 Å². The van der Waals surface area contributed by atoms with Crippen molar-refractivity contribution < 1.29 is 19.4 Å². The zero-order valence-corrected chi connectivity index (χ0v) is 14.7. The highest BCUT2D eigenvalue weighted by Gasteiger charge is 2.31. The number of carbonyl (C=O) groups is 2. The number of aliphatic carboxylic acids is 1. The summed E-state index contributed by atoms with van der Waals surface area (Å²) in [6.45, 7) is 3.53. The highest BCUT2D eigenvalue weighted by Crippen LogP contribution is 2.31. The van der Waals surface area contributed by atoms with Crippen molar-refractivity contribution >= 4 is 34.6 Å². The number of hydrogen-bond donors (Lipinski definition) is 2. The number of thiophene rings is 1. The van der Waals surface area contributed by atoms with Crippen molar-refractivity contribution in [2.24, 2.45) is 0 Å². The van der Waals surface area contributed by atoms with Gasteiger partial charge in [0.2, 0.25) is 0 Å². The maximum absolute atomic E-state index is 12.5. The number of hydrogen-bond acceptors (Lipinski definition) is 6. The average molecular weight is 354 g/mol. The van der Waals surface area contributed by atoms with Crippen LogP contribution in [-0.2, 0) is 9.53 Å². The molecule has 23 heavy (non-hydrogen) atoms. The third kappa shape index (κ3) is 4.37. The van der Waals surface area contributed by atoms with E-state index in [-0.39, 0.29) is 18.9 Å². The van der Waals surface area contributed by atoms with E-state index in [1.54, 1.807) is 25.2 Å². The predicted molar refractivity (Wildman–Crippen MR) is 90.2 cm³/mol. The van der Waals surface area contributed by atoms with Gasteiger partial charge in [-0.1, -0.05) is 6.07 Å². The molecule has 0 saturated carbocycles. The van der Waals surface area contributed by atoms with Crippen LogP contribution in [0.1, 0.15) is 28.7 Å². The van der Waals surface area contributed by atoms with Crippen molar-refractivity contribution in [2.45, 2.75) is 25.8 Å². The molecule has 1 unspecified atom stereocenters. The molecule has 2 heterocycles. The van der Waals surface area contributed by atoms with Crippen LogP contribution in [0, 0.1) is 6.92 Å². The molecule has 0 aliphatic heterocycles. The highest BCUT2D eigenvalue weighted by molar-refractivity contribution is 7.22. The first-order valence-electron chi connectivity index (χ1n) is 6.89. The maximum atomic E-state index is 12.5. The van der Waals surface area contributed by atoms with Crippen LogP contribution in [0.25, 0.3) is 9.88 Å². The Balaban J connectivity index is 2.21. The second-order valence-corrected chi connectivity index (χ2v) is 7.38. The molecule has 2 rings (SSSR count). The molecule has 1 atom stereocenters. The van der Waals surface area contributed by atoms with Gasteiger partial charge in [-0.05, 0) is 25.3 Å². The zero-order valence-electron chi connectivity index (χ0n) is 13.1. The van der Waals surface area contributed by atoms with E-state index >= 15 is 0 Å². The topological polar surface area (TPSA) is 88.5 Å². The number of aromatic nitrogens is 1. The molecule has 6 nitrogen and oxygen atoms in total. The number of amides is 1. The SMILES string of the molecule is COCC(C)(CC(=O)O)NC(=O)c1sc(-c2cccs2)nc1C. The molecule has 0 radical (unpaired) electrons. The lowest BCUT2D eigenvalue weighted by Crippen LogP contribution is -2.50. The molecule has 0 aromatic carbocycles. The summed E-state index contributed by atoms with van der Waals surface area (Å²) in [5.41, 5.74) is -0.344. The number of nitrogens with one attached hydrogen (secondary N) is 1. The Bertz CT molecular complexity index is 696. The van der Waals surface area contributed by atoms with Gasteiger partial charge in [-0.15, -0.1) is 22.7 Å². The Morgan fingerprint density at radius 1 is 1.48 bits per heavy atom. The fourth-order valence-corrected chi connectivity index (χ4v) is 3.99. The van der Waals surface area contributed by atoms with Crippen LogP contribution >= 0.6 is 22.7 Å². The highest BCUT2D eigenvalue weighted by atomic mass is 32.1. The van der Waals surface area contributed by atoms with E-state index < -0.39 is 11.5 Å². The summed E-state index contributed by atoms with van der Waals surface area (Å²) in [7, 11) is 1.47. The largest absolute Gasteiger partial charge is 0.481 e. The molecule has 2 aromatic heterocycles. The lowest BCUT2D eigenvalue weighted by Gasteiger charge is -2.28. The molecule has 2 aromatic rings. The van der Waals surface area contributed by atoms with Crippen molar-refractivity contribution in [3.63, 3.8) is 0 Å². The molecular weight excluding hydrogens is 336 g/mol. The van der Waals surface area contributed by atoms with Crippen molar-refractivity contribution in [1.82, 2.24) is 10.3 Å². The molecule has 0 spiro atoms. The van der Waals surface area contributed by atoms with Crippen molar-refractivity contribution in [1.29, 1.82) is 0 Å². The van der Waals surface area contributed by atoms with Gasteiger partial charge < -0.3 is 15.2 Å². The number of nitrogens with zero attached hydrogens (tertiary/aromatic N) is 1. The first kappa shape index (κ1) is 17.6. The van der Waals surface area contributed by atoms with Gasteiger partial charge in [-0.3, -0.25) is 9.59 Å². The van der Waals surface area contributed by atoms with Crippen LogP contribution in [0.3, 0.4) is 0 Å². The molecule has 1 amide bonds. The molecular formula is C15H18N2O4S2. The number of ether oxygens (including phenoxy) is 1. The van der Waals surface area contributed by atoms with Gasteiger partial charge in [0.1, 0.15) is 9.88 Å². The van der Waals surface area contributed by atoms with Crippen LogP contribution in [0.2, 0.25) is 0 Å². The molecule has 0 aliphatic rings. The fourth-order valence-electron chi connectivity index (χ4n) is 2.23. The lowest BCUT2D eigenvalue weighted by atomic mass is 9.99. The van der Waals surface area contributed by atoms with Crippen LogP contribution in [0.4, 0.5) is 0 Å². The number of carboxylic acid groups (broad SMARTS) is 1. The van der Waals surface area contributed by atoms with Gasteiger partial charge in [0.25, 0.3) is 5.91 Å². The Kier molecular flexibility index (Phi) is 5.51. The number of methoxy groups -OCH3 is 1. The molecule has 0 fully saturated rings. The monoisotopic (exact) mass is 354 g/mol. The molecule has 0 aliphatic carbocycles.